The van der Waals surface area contributed by atoms with Crippen molar-refractivity contribution in [2.75, 3.05) is 14.1 Å². The molecule has 86 valence electrons. The fraction of sp³-hybridized carbons (Fsp3) is 0.385. The first-order chi connectivity index (χ1) is 7.58. The lowest BCUT2D eigenvalue weighted by molar-refractivity contribution is 0.313. The largest absolute Gasteiger partial charge is 0.323 e. The second-order valence-electron chi connectivity index (χ2n) is 4.50. The van der Waals surface area contributed by atoms with E-state index in [9.17, 15) is 4.39 Å². The Morgan fingerprint density at radius 3 is 2.69 bits per heavy atom. The summed E-state index contributed by atoms with van der Waals surface area (Å²) in [4.78, 5) is 2.17. The maximum atomic E-state index is 13.2. The molecule has 0 radical (unpaired) electrons. The van der Waals surface area contributed by atoms with E-state index in [4.69, 9.17) is 0 Å². The summed E-state index contributed by atoms with van der Waals surface area (Å²) < 4.78 is 15.1. The number of fused-ring (bicyclic) bond motifs is 1. The molecule has 2 rings (SSSR count). The molecule has 0 amide bonds. The highest BCUT2D eigenvalue weighted by molar-refractivity contribution is 5.56. The molecule has 0 aromatic carbocycles. The van der Waals surface area contributed by atoms with Gasteiger partial charge in [-0.15, -0.1) is 0 Å². The molecule has 2 aromatic heterocycles. The lowest BCUT2D eigenvalue weighted by Gasteiger charge is -2.19. The van der Waals surface area contributed by atoms with Gasteiger partial charge >= 0.3 is 0 Å². The van der Waals surface area contributed by atoms with Crippen LogP contribution in [0.1, 0.15) is 12.5 Å². The third-order valence-corrected chi connectivity index (χ3v) is 3.11. The van der Waals surface area contributed by atoms with E-state index in [0.29, 0.717) is 6.04 Å². The van der Waals surface area contributed by atoms with Gasteiger partial charge in [-0.2, -0.15) is 0 Å². The van der Waals surface area contributed by atoms with Crippen molar-refractivity contribution >= 4 is 5.52 Å². The van der Waals surface area contributed by atoms with Crippen LogP contribution in [-0.4, -0.2) is 29.4 Å². The molecule has 2 heterocycles. The quantitative estimate of drug-likeness (QED) is 0.771. The smallest absolute Gasteiger partial charge is 0.126 e. The second-order valence-corrected chi connectivity index (χ2v) is 4.50. The summed E-state index contributed by atoms with van der Waals surface area (Å²) in [6, 6.07) is 5.59. The first-order valence-electron chi connectivity index (χ1n) is 5.49. The molecule has 2 aromatic rings. The van der Waals surface area contributed by atoms with Crippen LogP contribution < -0.4 is 0 Å². The van der Waals surface area contributed by atoms with Crippen molar-refractivity contribution in [2.24, 2.45) is 0 Å². The van der Waals surface area contributed by atoms with E-state index in [-0.39, 0.29) is 5.82 Å². The van der Waals surface area contributed by atoms with Crippen molar-refractivity contribution in [1.29, 1.82) is 0 Å². The van der Waals surface area contributed by atoms with Crippen molar-refractivity contribution in [2.45, 2.75) is 19.4 Å². The van der Waals surface area contributed by atoms with Crippen molar-refractivity contribution in [3.8, 4) is 0 Å². The van der Waals surface area contributed by atoms with E-state index >= 15 is 0 Å². The molecule has 0 N–H and O–H groups in total. The molecule has 1 atom stereocenters. The van der Waals surface area contributed by atoms with Gasteiger partial charge in [0.05, 0.1) is 5.52 Å². The average Bonchev–Trinajstić information content (AvgIpc) is 2.61. The standard InChI is InChI=1S/C13H17FN2/c1-10(15(2)3)8-11-4-6-16-7-5-12(14)9-13(11)16/h4-7,9-10H,8H2,1-3H3. The van der Waals surface area contributed by atoms with Crippen molar-refractivity contribution in [1.82, 2.24) is 9.30 Å². The zero-order valence-electron chi connectivity index (χ0n) is 9.94. The van der Waals surface area contributed by atoms with Crippen LogP contribution in [-0.2, 0) is 6.42 Å². The number of nitrogens with zero attached hydrogens (tertiary/aromatic N) is 2. The monoisotopic (exact) mass is 220 g/mol. The molecule has 2 nitrogen and oxygen atoms in total. The lowest BCUT2D eigenvalue weighted by Crippen LogP contribution is -2.26. The Hall–Kier alpha value is -1.35. The molecular formula is C13H17FN2. The van der Waals surface area contributed by atoms with E-state index in [2.05, 4.69) is 32.0 Å². The summed E-state index contributed by atoms with van der Waals surface area (Å²) in [5, 5.41) is 0. The molecule has 0 saturated heterocycles. The maximum Gasteiger partial charge on any atom is 0.126 e. The van der Waals surface area contributed by atoms with E-state index in [0.717, 1.165) is 11.9 Å². The summed E-state index contributed by atoms with van der Waals surface area (Å²) in [6.07, 6.45) is 4.67. The Morgan fingerprint density at radius 1 is 1.31 bits per heavy atom. The number of rotatable bonds is 3. The molecule has 16 heavy (non-hydrogen) atoms. The second kappa shape index (κ2) is 4.26. The molecule has 0 saturated carbocycles. The summed E-state index contributed by atoms with van der Waals surface area (Å²) in [5.41, 5.74) is 2.16. The lowest BCUT2D eigenvalue weighted by atomic mass is 10.1. The third kappa shape index (κ3) is 2.09. The summed E-state index contributed by atoms with van der Waals surface area (Å²) in [5.74, 6) is -0.176. The highest BCUT2D eigenvalue weighted by Gasteiger charge is 2.09. The van der Waals surface area contributed by atoms with E-state index in [1.165, 1.54) is 11.6 Å². The molecule has 0 spiro atoms. The Kier molecular flexibility index (Phi) is 2.97. The van der Waals surface area contributed by atoms with Gasteiger partial charge in [0.15, 0.2) is 0 Å². The summed E-state index contributed by atoms with van der Waals surface area (Å²) in [7, 11) is 4.12. The molecule has 0 aliphatic carbocycles. The molecule has 0 aliphatic heterocycles. The molecule has 0 bridgehead atoms. The van der Waals surface area contributed by atoms with Gasteiger partial charge in [-0.1, -0.05) is 0 Å². The van der Waals surface area contributed by atoms with Crippen LogP contribution in [0.2, 0.25) is 0 Å². The molecule has 3 heteroatoms. The predicted molar refractivity (Wildman–Crippen MR) is 64.2 cm³/mol. The maximum absolute atomic E-state index is 13.2. The van der Waals surface area contributed by atoms with Crippen LogP contribution in [0.4, 0.5) is 4.39 Å². The SMILES string of the molecule is CC(Cc1ccn2ccc(F)cc12)N(C)C. The minimum atomic E-state index is -0.176. The van der Waals surface area contributed by atoms with E-state index in [1.54, 1.807) is 12.3 Å². The minimum Gasteiger partial charge on any atom is -0.323 e. The summed E-state index contributed by atoms with van der Waals surface area (Å²) in [6.45, 7) is 2.17. The number of hydrogen-bond acceptors (Lipinski definition) is 1. The van der Waals surface area contributed by atoms with Gasteiger partial charge in [-0.25, -0.2) is 4.39 Å². The molecule has 0 fully saturated rings. The van der Waals surface area contributed by atoms with Crippen LogP contribution in [0, 0.1) is 5.82 Å². The van der Waals surface area contributed by atoms with E-state index < -0.39 is 0 Å². The topological polar surface area (TPSA) is 7.65 Å². The van der Waals surface area contributed by atoms with Gasteiger partial charge in [0.25, 0.3) is 0 Å². The third-order valence-electron chi connectivity index (χ3n) is 3.11. The van der Waals surface area contributed by atoms with Crippen LogP contribution in [0.3, 0.4) is 0 Å². The number of hydrogen-bond donors (Lipinski definition) is 0. The summed E-state index contributed by atoms with van der Waals surface area (Å²) >= 11 is 0. The zero-order valence-corrected chi connectivity index (χ0v) is 9.94. The Balaban J connectivity index is 2.34. The Morgan fingerprint density at radius 2 is 2.00 bits per heavy atom. The van der Waals surface area contributed by atoms with Crippen LogP contribution in [0.15, 0.2) is 30.6 Å². The normalized spacial score (nSPS) is 13.6. The average molecular weight is 220 g/mol. The highest BCUT2D eigenvalue weighted by Crippen LogP contribution is 2.16. The first-order valence-corrected chi connectivity index (χ1v) is 5.49. The van der Waals surface area contributed by atoms with Crippen LogP contribution in [0.5, 0.6) is 0 Å². The zero-order chi connectivity index (χ0) is 11.7. The van der Waals surface area contributed by atoms with Gasteiger partial charge in [0.1, 0.15) is 5.82 Å². The molecular weight excluding hydrogens is 203 g/mol. The number of halogens is 1. The van der Waals surface area contributed by atoms with Crippen LogP contribution in [0.25, 0.3) is 5.52 Å². The van der Waals surface area contributed by atoms with Gasteiger partial charge in [0, 0.05) is 18.4 Å². The van der Waals surface area contributed by atoms with Gasteiger partial charge in [-0.3, -0.25) is 0 Å². The molecule has 0 aliphatic rings. The first kappa shape index (κ1) is 11.1. The minimum absolute atomic E-state index is 0.176. The number of aromatic nitrogens is 1. The van der Waals surface area contributed by atoms with Gasteiger partial charge < -0.3 is 9.30 Å². The Labute approximate surface area is 95.3 Å². The Bertz CT molecular complexity index is 488. The van der Waals surface area contributed by atoms with Crippen molar-refractivity contribution in [3.05, 3.63) is 42.0 Å². The van der Waals surface area contributed by atoms with Crippen LogP contribution >= 0.6 is 0 Å². The van der Waals surface area contributed by atoms with E-state index in [1.807, 2.05) is 10.6 Å². The fourth-order valence-corrected chi connectivity index (χ4v) is 1.80. The highest BCUT2D eigenvalue weighted by atomic mass is 19.1. The molecule has 1 unspecified atom stereocenters. The number of likely N-dealkylation sites (N-methyl/N-ethyl adjacent to an activating group) is 1. The van der Waals surface area contributed by atoms with Gasteiger partial charge in [0.2, 0.25) is 0 Å². The van der Waals surface area contributed by atoms with Crippen molar-refractivity contribution in [3.63, 3.8) is 0 Å². The predicted octanol–water partition coefficient (Wildman–Crippen LogP) is 2.57. The van der Waals surface area contributed by atoms with Gasteiger partial charge in [-0.05, 0) is 51.2 Å². The number of pyridine rings is 1. The van der Waals surface area contributed by atoms with Crippen molar-refractivity contribution < 1.29 is 4.39 Å². The fourth-order valence-electron chi connectivity index (χ4n) is 1.80.